The summed E-state index contributed by atoms with van der Waals surface area (Å²) in [5, 5.41) is 13.5. The molecule has 3 N–H and O–H groups in total. The van der Waals surface area contributed by atoms with Gasteiger partial charge in [0.15, 0.2) is 0 Å². The van der Waals surface area contributed by atoms with Crippen LogP contribution in [0.2, 0.25) is 0 Å². The number of carboxylic acid groups (broad SMARTS) is 1. The molecular weight excluding hydrogens is 477 g/mol. The lowest BCUT2D eigenvalue weighted by Gasteiger charge is -2.32. The number of benzene rings is 2. The number of aromatic nitrogens is 2. The van der Waals surface area contributed by atoms with E-state index in [0.29, 0.717) is 28.0 Å². The van der Waals surface area contributed by atoms with E-state index in [1.807, 2.05) is 5.32 Å². The van der Waals surface area contributed by atoms with Gasteiger partial charge in [-0.2, -0.15) is 13.2 Å². The third-order valence-electron chi connectivity index (χ3n) is 6.98. The van der Waals surface area contributed by atoms with E-state index in [-0.39, 0.29) is 29.0 Å². The highest BCUT2D eigenvalue weighted by Crippen LogP contribution is 2.45. The summed E-state index contributed by atoms with van der Waals surface area (Å²) < 4.78 is 44.6. The normalized spacial score (nSPS) is 19.9. The van der Waals surface area contributed by atoms with Crippen molar-refractivity contribution in [2.45, 2.75) is 50.4 Å². The minimum Gasteiger partial charge on any atom is -0.478 e. The predicted molar refractivity (Wildman–Crippen MR) is 124 cm³/mol. The van der Waals surface area contributed by atoms with E-state index in [1.165, 1.54) is 30.3 Å². The van der Waals surface area contributed by atoms with Crippen LogP contribution in [0.3, 0.4) is 0 Å². The molecule has 2 aliphatic rings. The zero-order valence-corrected chi connectivity index (χ0v) is 19.1. The summed E-state index contributed by atoms with van der Waals surface area (Å²) in [6.45, 7) is 0. The number of imidazole rings is 1. The minimum absolute atomic E-state index is 0.00344. The fourth-order valence-corrected chi connectivity index (χ4v) is 5.21. The van der Waals surface area contributed by atoms with E-state index >= 15 is 0 Å². The van der Waals surface area contributed by atoms with Crippen LogP contribution in [-0.2, 0) is 15.3 Å². The Balaban J connectivity index is 1.58. The number of alkyl halides is 3. The summed E-state index contributed by atoms with van der Waals surface area (Å²) in [6, 6.07) is 10.4. The van der Waals surface area contributed by atoms with Crippen molar-refractivity contribution in [3.63, 3.8) is 0 Å². The van der Waals surface area contributed by atoms with Crippen LogP contribution in [0.4, 0.5) is 19.1 Å². The van der Waals surface area contributed by atoms with E-state index in [2.05, 4.69) is 10.3 Å². The highest BCUT2D eigenvalue weighted by molar-refractivity contribution is 6.07. The molecular formula is C25H23F3N4O4. The molecule has 5 rings (SSSR count). The lowest BCUT2D eigenvalue weighted by molar-refractivity contribution is -0.217. The lowest BCUT2D eigenvalue weighted by Crippen LogP contribution is -2.63. The number of nitrogens with one attached hydrogen (secondary N) is 2. The molecule has 36 heavy (non-hydrogen) atoms. The molecule has 1 aliphatic carbocycles. The number of rotatable bonds is 6. The van der Waals surface area contributed by atoms with Gasteiger partial charge in [-0.25, -0.2) is 9.78 Å². The Labute approximate surface area is 203 Å². The van der Waals surface area contributed by atoms with E-state index in [1.54, 1.807) is 12.1 Å². The van der Waals surface area contributed by atoms with Crippen molar-refractivity contribution >= 4 is 34.8 Å². The van der Waals surface area contributed by atoms with Gasteiger partial charge in [0.2, 0.25) is 11.9 Å². The van der Waals surface area contributed by atoms with Crippen LogP contribution in [0.15, 0.2) is 42.5 Å². The molecule has 1 unspecified atom stereocenters. The average Bonchev–Trinajstić information content (AvgIpc) is 3.53. The summed E-state index contributed by atoms with van der Waals surface area (Å²) in [7, 11) is 0. The Hall–Kier alpha value is -3.89. The summed E-state index contributed by atoms with van der Waals surface area (Å²) in [5.74, 6) is -3.52. The Morgan fingerprint density at radius 3 is 2.58 bits per heavy atom. The first kappa shape index (κ1) is 23.8. The molecule has 8 nitrogen and oxygen atoms in total. The molecule has 1 aliphatic heterocycles. The van der Waals surface area contributed by atoms with E-state index < -0.39 is 29.6 Å². The van der Waals surface area contributed by atoms with Gasteiger partial charge >= 0.3 is 12.1 Å². The summed E-state index contributed by atoms with van der Waals surface area (Å²) >= 11 is 0. The zero-order chi connectivity index (χ0) is 25.7. The molecule has 2 heterocycles. The first-order valence-corrected chi connectivity index (χ1v) is 11.7. The third-order valence-corrected chi connectivity index (χ3v) is 6.98. The molecule has 1 fully saturated rings. The number of hydrogen-bond acceptors (Lipinski definition) is 4. The van der Waals surface area contributed by atoms with Gasteiger partial charge in [-0.15, -0.1) is 0 Å². The van der Waals surface area contributed by atoms with Gasteiger partial charge in [0, 0.05) is 12.0 Å². The van der Waals surface area contributed by atoms with E-state index in [4.69, 9.17) is 0 Å². The quantitative estimate of drug-likeness (QED) is 0.456. The maximum Gasteiger partial charge on any atom is 0.440 e. The number of para-hydroxylation sites is 1. The maximum atomic E-state index is 14.6. The first-order valence-electron chi connectivity index (χ1n) is 11.7. The minimum atomic E-state index is -5.17. The molecule has 0 bridgehead atoms. The smallest absolute Gasteiger partial charge is 0.440 e. The standard InChI is InChI=1S/C25H23F3N4O4/c26-25(27,28)24(31-19(33)12-11-14-5-1-2-6-14)22(36)30-23-29-20-17(9-4-10-18(20)32(23)24)15-7-3-8-16(13-15)21(34)35/h3-4,7-10,13-14H,1-2,5-6,11-12H2,(H,31,33)(H,34,35)(H,29,30,36). The van der Waals surface area contributed by atoms with Gasteiger partial charge < -0.3 is 10.4 Å². The van der Waals surface area contributed by atoms with Crippen molar-refractivity contribution < 1.29 is 32.7 Å². The van der Waals surface area contributed by atoms with Crippen LogP contribution >= 0.6 is 0 Å². The van der Waals surface area contributed by atoms with Gasteiger partial charge in [-0.05, 0) is 36.1 Å². The van der Waals surface area contributed by atoms with Crippen molar-refractivity contribution in [1.82, 2.24) is 14.9 Å². The molecule has 1 saturated carbocycles. The maximum absolute atomic E-state index is 14.6. The molecule has 3 aromatic rings. The molecule has 188 valence electrons. The van der Waals surface area contributed by atoms with Crippen LogP contribution in [-0.4, -0.2) is 38.6 Å². The van der Waals surface area contributed by atoms with Crippen LogP contribution in [0.5, 0.6) is 0 Å². The molecule has 2 aromatic carbocycles. The van der Waals surface area contributed by atoms with Crippen LogP contribution < -0.4 is 10.6 Å². The number of halogens is 3. The average molecular weight is 500 g/mol. The number of fused-ring (bicyclic) bond motifs is 3. The largest absolute Gasteiger partial charge is 0.478 e. The van der Waals surface area contributed by atoms with Gasteiger partial charge in [-0.1, -0.05) is 49.9 Å². The number of anilines is 1. The van der Waals surface area contributed by atoms with E-state index in [0.717, 1.165) is 25.7 Å². The summed E-state index contributed by atoms with van der Waals surface area (Å²) in [5.41, 5.74) is -2.44. The topological polar surface area (TPSA) is 113 Å². The molecule has 1 atom stereocenters. The fourth-order valence-electron chi connectivity index (χ4n) is 5.21. The number of hydrogen-bond donors (Lipinski definition) is 3. The van der Waals surface area contributed by atoms with Crippen LogP contribution in [0, 0.1) is 5.92 Å². The summed E-state index contributed by atoms with van der Waals surface area (Å²) in [4.78, 5) is 41.2. The van der Waals surface area contributed by atoms with Crippen LogP contribution in [0.25, 0.3) is 22.2 Å². The van der Waals surface area contributed by atoms with Crippen molar-refractivity contribution in [2.75, 3.05) is 5.32 Å². The Kier molecular flexibility index (Phi) is 5.73. The Morgan fingerprint density at radius 1 is 1.17 bits per heavy atom. The fraction of sp³-hybridized carbons (Fsp3) is 0.360. The van der Waals surface area contributed by atoms with Gasteiger partial charge in [-0.3, -0.25) is 19.5 Å². The van der Waals surface area contributed by atoms with Gasteiger partial charge in [0.25, 0.3) is 11.6 Å². The third kappa shape index (κ3) is 3.78. The van der Waals surface area contributed by atoms with Crippen LogP contribution in [0.1, 0.15) is 48.9 Å². The number of carbonyl (C=O) groups excluding carboxylic acids is 2. The molecule has 11 heteroatoms. The monoisotopic (exact) mass is 500 g/mol. The van der Waals surface area contributed by atoms with Crippen molar-refractivity contribution in [3.05, 3.63) is 48.0 Å². The number of aromatic carboxylic acids is 1. The lowest BCUT2D eigenvalue weighted by atomic mass is 10.0. The molecule has 1 aromatic heterocycles. The number of nitrogens with zero attached hydrogens (tertiary/aromatic N) is 2. The van der Waals surface area contributed by atoms with Crippen molar-refractivity contribution in [1.29, 1.82) is 0 Å². The number of carbonyl (C=O) groups is 3. The van der Waals surface area contributed by atoms with Crippen molar-refractivity contribution in [2.24, 2.45) is 5.92 Å². The molecule has 0 saturated heterocycles. The Morgan fingerprint density at radius 2 is 1.89 bits per heavy atom. The predicted octanol–water partition coefficient (Wildman–Crippen LogP) is 4.66. The van der Waals surface area contributed by atoms with Gasteiger partial charge in [0.1, 0.15) is 0 Å². The SMILES string of the molecule is O=C(CCC1CCCC1)NC1(C(F)(F)F)C(=O)Nc2nc3c(-c4cccc(C(=O)O)c4)cccc3n21. The first-order chi connectivity index (χ1) is 17.1. The number of carboxylic acids is 1. The summed E-state index contributed by atoms with van der Waals surface area (Å²) in [6.07, 6.45) is -0.848. The second-order valence-electron chi connectivity index (χ2n) is 9.23. The highest BCUT2D eigenvalue weighted by Gasteiger charge is 2.67. The number of amides is 2. The Bertz CT molecular complexity index is 1380. The molecule has 0 spiro atoms. The highest BCUT2D eigenvalue weighted by atomic mass is 19.4. The second kappa shape index (κ2) is 8.65. The van der Waals surface area contributed by atoms with Crippen molar-refractivity contribution in [3.8, 4) is 11.1 Å². The molecule has 2 amide bonds. The zero-order valence-electron chi connectivity index (χ0n) is 19.1. The second-order valence-corrected chi connectivity index (χ2v) is 9.23. The molecule has 0 radical (unpaired) electrons. The van der Waals surface area contributed by atoms with Gasteiger partial charge in [0.05, 0.1) is 16.6 Å². The van der Waals surface area contributed by atoms with E-state index in [9.17, 15) is 32.7 Å².